The molecule has 0 bridgehead atoms. The number of aromatic nitrogens is 3. The molecule has 156 valence electrons. The number of benzene rings is 2. The number of ether oxygens (including phenoxy) is 1. The Balaban J connectivity index is 1.57. The maximum atomic E-state index is 12.9. The molecule has 0 radical (unpaired) electrons. The average Bonchev–Trinajstić information content (AvgIpc) is 2.81. The molecule has 7 nitrogen and oxygen atoms in total. The standard InChI is InChI=1S/C24H22N4O3/c1-31-19-8-4-6-17(12-19)13-23(29)26-15-22-20-9-2-3-10-21(20)24(30)28(27-22)16-18-7-5-11-25-14-18/h2-12,14H,13,15-16H2,1H3,(H,26,29). The molecule has 0 aliphatic carbocycles. The molecule has 0 atom stereocenters. The normalized spacial score (nSPS) is 10.7. The fourth-order valence-corrected chi connectivity index (χ4v) is 3.42. The zero-order valence-corrected chi connectivity index (χ0v) is 17.1. The Hall–Kier alpha value is -4.00. The van der Waals surface area contributed by atoms with E-state index in [4.69, 9.17) is 4.74 Å². The second kappa shape index (κ2) is 9.21. The van der Waals surface area contributed by atoms with Gasteiger partial charge >= 0.3 is 0 Å². The summed E-state index contributed by atoms with van der Waals surface area (Å²) < 4.78 is 6.63. The van der Waals surface area contributed by atoms with Crippen molar-refractivity contribution >= 4 is 16.7 Å². The molecule has 2 aromatic carbocycles. The smallest absolute Gasteiger partial charge is 0.274 e. The van der Waals surface area contributed by atoms with Gasteiger partial charge < -0.3 is 10.1 Å². The molecule has 0 unspecified atom stereocenters. The van der Waals surface area contributed by atoms with Crippen LogP contribution in [0.25, 0.3) is 10.8 Å². The van der Waals surface area contributed by atoms with E-state index in [9.17, 15) is 9.59 Å². The molecule has 2 aromatic heterocycles. The van der Waals surface area contributed by atoms with Gasteiger partial charge in [-0.25, -0.2) is 4.68 Å². The third kappa shape index (κ3) is 4.78. The van der Waals surface area contributed by atoms with Crippen molar-refractivity contribution in [2.75, 3.05) is 7.11 Å². The summed E-state index contributed by atoms with van der Waals surface area (Å²) in [6.45, 7) is 0.527. The molecule has 31 heavy (non-hydrogen) atoms. The van der Waals surface area contributed by atoms with Crippen molar-refractivity contribution in [1.29, 1.82) is 0 Å². The van der Waals surface area contributed by atoms with E-state index >= 15 is 0 Å². The first-order valence-electron chi connectivity index (χ1n) is 9.91. The number of rotatable bonds is 7. The minimum atomic E-state index is -0.175. The van der Waals surface area contributed by atoms with Crippen LogP contribution in [0.5, 0.6) is 5.75 Å². The van der Waals surface area contributed by atoms with E-state index in [1.54, 1.807) is 25.6 Å². The van der Waals surface area contributed by atoms with Gasteiger partial charge in [0, 0.05) is 17.8 Å². The van der Waals surface area contributed by atoms with Crippen LogP contribution in [0.4, 0.5) is 0 Å². The first-order valence-corrected chi connectivity index (χ1v) is 9.91. The SMILES string of the molecule is COc1cccc(CC(=O)NCc2nn(Cc3cccnc3)c(=O)c3ccccc23)c1. The van der Waals surface area contributed by atoms with Crippen molar-refractivity contribution in [3.05, 3.63) is 100 Å². The van der Waals surface area contributed by atoms with Crippen LogP contribution in [-0.2, 0) is 24.3 Å². The molecule has 0 aliphatic rings. The Morgan fingerprint density at radius 3 is 2.61 bits per heavy atom. The Kier molecular flexibility index (Phi) is 6.03. The molecule has 0 aliphatic heterocycles. The first kappa shape index (κ1) is 20.3. The van der Waals surface area contributed by atoms with Gasteiger partial charge in [0.25, 0.3) is 5.56 Å². The number of nitrogens with zero attached hydrogens (tertiary/aromatic N) is 3. The highest BCUT2D eigenvalue weighted by molar-refractivity contribution is 5.84. The monoisotopic (exact) mass is 414 g/mol. The van der Waals surface area contributed by atoms with Gasteiger partial charge in [-0.3, -0.25) is 14.6 Å². The van der Waals surface area contributed by atoms with Crippen LogP contribution < -0.4 is 15.6 Å². The molecule has 0 saturated heterocycles. The van der Waals surface area contributed by atoms with Crippen molar-refractivity contribution < 1.29 is 9.53 Å². The molecular formula is C24H22N4O3. The number of nitrogens with one attached hydrogen (secondary N) is 1. The van der Waals surface area contributed by atoms with Crippen LogP contribution in [0.2, 0.25) is 0 Å². The lowest BCUT2D eigenvalue weighted by molar-refractivity contribution is -0.120. The van der Waals surface area contributed by atoms with Crippen molar-refractivity contribution in [2.24, 2.45) is 0 Å². The number of amides is 1. The number of fused-ring (bicyclic) bond motifs is 1. The second-order valence-corrected chi connectivity index (χ2v) is 7.12. The number of carbonyl (C=O) groups is 1. The Bertz CT molecular complexity index is 1270. The van der Waals surface area contributed by atoms with E-state index in [2.05, 4.69) is 15.4 Å². The highest BCUT2D eigenvalue weighted by Crippen LogP contribution is 2.15. The van der Waals surface area contributed by atoms with E-state index in [1.807, 2.05) is 54.6 Å². The zero-order valence-electron chi connectivity index (χ0n) is 17.1. The largest absolute Gasteiger partial charge is 0.497 e. The number of hydrogen-bond donors (Lipinski definition) is 1. The van der Waals surface area contributed by atoms with Crippen LogP contribution in [0, 0.1) is 0 Å². The van der Waals surface area contributed by atoms with Crippen LogP contribution in [0.1, 0.15) is 16.8 Å². The van der Waals surface area contributed by atoms with E-state index in [-0.39, 0.29) is 24.4 Å². The highest BCUT2D eigenvalue weighted by Gasteiger charge is 2.12. The Labute approximate surface area is 179 Å². The maximum Gasteiger partial charge on any atom is 0.274 e. The van der Waals surface area contributed by atoms with Crippen molar-refractivity contribution in [2.45, 2.75) is 19.5 Å². The van der Waals surface area contributed by atoms with Gasteiger partial charge in [-0.15, -0.1) is 0 Å². The fraction of sp³-hybridized carbons (Fsp3) is 0.167. The van der Waals surface area contributed by atoms with E-state index in [0.29, 0.717) is 23.4 Å². The van der Waals surface area contributed by atoms with Crippen molar-refractivity contribution in [3.63, 3.8) is 0 Å². The predicted molar refractivity (Wildman–Crippen MR) is 118 cm³/mol. The van der Waals surface area contributed by atoms with E-state index < -0.39 is 0 Å². The summed E-state index contributed by atoms with van der Waals surface area (Å²) >= 11 is 0. The lowest BCUT2D eigenvalue weighted by atomic mass is 10.1. The van der Waals surface area contributed by atoms with Gasteiger partial charge in [0.05, 0.1) is 37.7 Å². The summed E-state index contributed by atoms with van der Waals surface area (Å²) in [4.78, 5) is 29.5. The quantitative estimate of drug-likeness (QED) is 0.503. The minimum Gasteiger partial charge on any atom is -0.497 e. The molecule has 0 spiro atoms. The predicted octanol–water partition coefficient (Wildman–Crippen LogP) is 2.71. The topological polar surface area (TPSA) is 86.1 Å². The third-order valence-electron chi connectivity index (χ3n) is 4.95. The summed E-state index contributed by atoms with van der Waals surface area (Å²) in [5, 5.41) is 8.76. The van der Waals surface area contributed by atoms with Crippen molar-refractivity contribution in [1.82, 2.24) is 20.1 Å². The molecule has 1 amide bonds. The second-order valence-electron chi connectivity index (χ2n) is 7.12. The summed E-state index contributed by atoms with van der Waals surface area (Å²) in [5.41, 5.74) is 2.19. The molecule has 7 heteroatoms. The molecule has 4 aromatic rings. The molecule has 0 saturated carbocycles. The van der Waals surface area contributed by atoms with Crippen LogP contribution in [0.15, 0.2) is 77.9 Å². The summed E-state index contributed by atoms with van der Waals surface area (Å²) in [6, 6.07) is 18.4. The van der Waals surface area contributed by atoms with Gasteiger partial charge in [-0.1, -0.05) is 36.4 Å². The van der Waals surface area contributed by atoms with Crippen LogP contribution in [0.3, 0.4) is 0 Å². The lowest BCUT2D eigenvalue weighted by Gasteiger charge is -2.12. The number of carbonyl (C=O) groups excluding carboxylic acids is 1. The van der Waals surface area contributed by atoms with Crippen molar-refractivity contribution in [3.8, 4) is 5.75 Å². The average molecular weight is 414 g/mol. The zero-order chi connectivity index (χ0) is 21.6. The van der Waals surface area contributed by atoms with Gasteiger partial charge in [0.1, 0.15) is 5.75 Å². The van der Waals surface area contributed by atoms with Crippen LogP contribution in [-0.4, -0.2) is 27.8 Å². The summed E-state index contributed by atoms with van der Waals surface area (Å²) in [6.07, 6.45) is 3.62. The highest BCUT2D eigenvalue weighted by atomic mass is 16.5. The number of methoxy groups -OCH3 is 1. The molecule has 4 rings (SSSR count). The van der Waals surface area contributed by atoms with E-state index in [1.165, 1.54) is 4.68 Å². The van der Waals surface area contributed by atoms with Gasteiger partial charge in [0.15, 0.2) is 0 Å². The maximum absolute atomic E-state index is 12.9. The van der Waals surface area contributed by atoms with Gasteiger partial charge in [-0.05, 0) is 35.4 Å². The minimum absolute atomic E-state index is 0.135. The molecule has 0 fully saturated rings. The number of hydrogen-bond acceptors (Lipinski definition) is 5. The number of pyridine rings is 1. The molecule has 2 heterocycles. The summed E-state index contributed by atoms with van der Waals surface area (Å²) in [5.74, 6) is 0.574. The Morgan fingerprint density at radius 2 is 1.84 bits per heavy atom. The van der Waals surface area contributed by atoms with E-state index in [0.717, 1.165) is 16.5 Å². The third-order valence-corrected chi connectivity index (χ3v) is 4.95. The van der Waals surface area contributed by atoms with Gasteiger partial charge in [0.2, 0.25) is 5.91 Å². The molecule has 1 N–H and O–H groups in total. The summed E-state index contributed by atoms with van der Waals surface area (Å²) in [7, 11) is 1.59. The molecular weight excluding hydrogens is 392 g/mol. The lowest BCUT2D eigenvalue weighted by Crippen LogP contribution is -2.29. The Morgan fingerprint density at radius 1 is 1.03 bits per heavy atom. The first-order chi connectivity index (χ1) is 15.1. The van der Waals surface area contributed by atoms with Gasteiger partial charge in [-0.2, -0.15) is 5.10 Å². The van der Waals surface area contributed by atoms with Crippen LogP contribution >= 0.6 is 0 Å². The fourth-order valence-electron chi connectivity index (χ4n) is 3.42.